The molecule has 0 bridgehead atoms. The number of anilines is 1. The van der Waals surface area contributed by atoms with E-state index in [1.54, 1.807) is 20.8 Å². The Morgan fingerprint density at radius 1 is 1.07 bits per heavy atom. The summed E-state index contributed by atoms with van der Waals surface area (Å²) in [6.45, 7) is 5.51. The van der Waals surface area contributed by atoms with Crippen LogP contribution < -0.4 is 20.1 Å². The number of carbonyl (C=O) groups is 4. The van der Waals surface area contributed by atoms with Gasteiger partial charge in [-0.2, -0.15) is 8.42 Å². The average Bonchev–Trinajstić information content (AvgIpc) is 3.36. The lowest BCUT2D eigenvalue weighted by Gasteiger charge is -2.30. The van der Waals surface area contributed by atoms with Gasteiger partial charge in [-0.25, -0.2) is 9.52 Å². The molecule has 0 aromatic heterocycles. The van der Waals surface area contributed by atoms with Crippen LogP contribution in [0.15, 0.2) is 36.4 Å². The zero-order valence-electron chi connectivity index (χ0n) is 24.7. The largest absolute Gasteiger partial charge is 0.444 e. The van der Waals surface area contributed by atoms with E-state index in [1.807, 2.05) is 12.2 Å². The molecular weight excluding hydrogens is 598 g/mol. The van der Waals surface area contributed by atoms with Crippen LogP contribution in [0.3, 0.4) is 0 Å². The Labute approximate surface area is 257 Å². The molecule has 4 amide bonds. The van der Waals surface area contributed by atoms with Crippen LogP contribution >= 0.6 is 11.6 Å². The number of alkyl carbamates (subject to hydrolysis) is 1. The topological polar surface area (TPSA) is 163 Å². The number of carbonyl (C=O) groups excluding carboxylic acids is 4. The molecule has 1 saturated carbocycles. The highest BCUT2D eigenvalue weighted by molar-refractivity contribution is 7.91. The molecule has 2 fully saturated rings. The zero-order chi connectivity index (χ0) is 31.4. The van der Waals surface area contributed by atoms with Crippen molar-refractivity contribution in [3.05, 3.63) is 41.4 Å². The highest BCUT2D eigenvalue weighted by atomic mass is 35.5. The maximum absolute atomic E-state index is 13.7. The average molecular weight is 638 g/mol. The molecule has 0 spiro atoms. The fourth-order valence-corrected chi connectivity index (χ4v) is 6.50. The molecule has 4 N–H and O–H groups in total. The van der Waals surface area contributed by atoms with Crippen LogP contribution in [0.25, 0.3) is 0 Å². The van der Waals surface area contributed by atoms with Crippen LogP contribution in [0, 0.1) is 5.92 Å². The number of halogens is 1. The van der Waals surface area contributed by atoms with Crippen molar-refractivity contribution in [2.75, 3.05) is 11.3 Å². The van der Waals surface area contributed by atoms with E-state index in [9.17, 15) is 27.6 Å². The second kappa shape index (κ2) is 13.1. The van der Waals surface area contributed by atoms with Crippen LogP contribution in [0.4, 0.5) is 10.5 Å². The fourth-order valence-electron chi connectivity index (χ4n) is 5.46. The Morgan fingerprint density at radius 3 is 2.49 bits per heavy atom. The van der Waals surface area contributed by atoms with E-state index in [1.165, 1.54) is 29.2 Å². The van der Waals surface area contributed by atoms with Crippen molar-refractivity contribution < 1.29 is 32.3 Å². The first-order valence-electron chi connectivity index (χ1n) is 14.6. The van der Waals surface area contributed by atoms with Gasteiger partial charge >= 0.3 is 16.3 Å². The minimum atomic E-state index is -4.33. The summed E-state index contributed by atoms with van der Waals surface area (Å²) in [5.74, 6) is -2.23. The number of amides is 4. The maximum atomic E-state index is 13.7. The highest BCUT2D eigenvalue weighted by Crippen LogP contribution is 2.45. The standard InChI is InChI=1S/C29H40ClN5O7S/c1-28(2,3)42-27(39)31-22-11-8-6-4-5-7-10-19-18-29(19,32-24(36)23-12-9-17-35(23)25(22)37)26(38)34-43(40,41)33-21-15-13-20(30)14-16-21/h7,10,13-16,19,22-23,33H,4-6,8-9,11-12,17-18H2,1-3H3,(H,31,39)(H,32,36)(H,34,38)/b10-7-/t19-,22+,23+,29-/m1/s1. The van der Waals surface area contributed by atoms with Crippen molar-refractivity contribution >= 4 is 51.3 Å². The summed E-state index contributed by atoms with van der Waals surface area (Å²) in [6, 6.07) is 4.16. The van der Waals surface area contributed by atoms with E-state index < -0.39 is 63.2 Å². The second-order valence-electron chi connectivity index (χ2n) is 12.3. The number of ether oxygens (including phenoxy) is 1. The fraction of sp³-hybridized carbons (Fsp3) is 0.586. The SMILES string of the molecule is CC(C)(C)OC(=O)N[C@H]1CCCCC/C=C\[C@@H]2C[C@@]2(C(=O)NS(=O)(=O)Nc2ccc(Cl)cc2)NC(=O)[C@@H]2CCCN2C1=O. The van der Waals surface area contributed by atoms with Gasteiger partial charge in [0, 0.05) is 17.5 Å². The lowest BCUT2D eigenvalue weighted by Crippen LogP contribution is -2.58. The van der Waals surface area contributed by atoms with Crippen molar-refractivity contribution in [1.29, 1.82) is 0 Å². The Bertz CT molecular complexity index is 1360. The molecule has 1 aliphatic carbocycles. The third kappa shape index (κ3) is 8.62. The molecule has 4 atom stereocenters. The predicted molar refractivity (Wildman–Crippen MR) is 161 cm³/mol. The van der Waals surface area contributed by atoms with Crippen LogP contribution in [-0.4, -0.2) is 66.9 Å². The summed E-state index contributed by atoms with van der Waals surface area (Å²) in [7, 11) is -4.33. The quantitative estimate of drug-likeness (QED) is 0.360. The van der Waals surface area contributed by atoms with E-state index in [4.69, 9.17) is 16.3 Å². The van der Waals surface area contributed by atoms with E-state index >= 15 is 0 Å². The molecule has 2 aliphatic heterocycles. The first-order chi connectivity index (χ1) is 20.2. The minimum absolute atomic E-state index is 0.204. The van der Waals surface area contributed by atoms with E-state index in [2.05, 4.69) is 20.1 Å². The highest BCUT2D eigenvalue weighted by Gasteiger charge is 2.61. The molecule has 43 heavy (non-hydrogen) atoms. The number of nitrogens with zero attached hydrogens (tertiary/aromatic N) is 1. The number of hydrogen-bond donors (Lipinski definition) is 4. The van der Waals surface area contributed by atoms with Crippen molar-refractivity contribution in [3.8, 4) is 0 Å². The third-order valence-corrected chi connectivity index (χ3v) is 8.86. The van der Waals surface area contributed by atoms with Gasteiger partial charge < -0.3 is 20.3 Å². The van der Waals surface area contributed by atoms with Crippen molar-refractivity contribution in [2.45, 2.75) is 95.4 Å². The molecule has 12 nitrogen and oxygen atoms in total. The van der Waals surface area contributed by atoms with Gasteiger partial charge in [-0.3, -0.25) is 19.1 Å². The van der Waals surface area contributed by atoms with Crippen molar-refractivity contribution in [3.63, 3.8) is 0 Å². The number of rotatable bonds is 5. The number of nitrogens with one attached hydrogen (secondary N) is 4. The maximum Gasteiger partial charge on any atom is 0.408 e. The Balaban J connectivity index is 1.53. The van der Waals surface area contributed by atoms with Crippen LogP contribution in [0.1, 0.15) is 72.1 Å². The van der Waals surface area contributed by atoms with Gasteiger partial charge in [-0.1, -0.05) is 36.6 Å². The third-order valence-electron chi connectivity index (χ3n) is 7.65. The molecule has 1 aromatic carbocycles. The van der Waals surface area contributed by atoms with Gasteiger partial charge in [0.15, 0.2) is 0 Å². The van der Waals surface area contributed by atoms with Gasteiger partial charge in [-0.15, -0.1) is 0 Å². The lowest BCUT2D eigenvalue weighted by atomic mass is 10.0. The van der Waals surface area contributed by atoms with Crippen LogP contribution in [0.5, 0.6) is 0 Å². The smallest absolute Gasteiger partial charge is 0.408 e. The Hall–Kier alpha value is -3.32. The molecule has 0 unspecified atom stereocenters. The summed E-state index contributed by atoms with van der Waals surface area (Å²) in [5.41, 5.74) is -2.04. The van der Waals surface area contributed by atoms with E-state index in [0.717, 1.165) is 12.8 Å². The number of fused-ring (bicyclic) bond motifs is 2. The molecule has 1 aromatic rings. The number of allylic oxidation sites excluding steroid dienone is 1. The molecule has 0 radical (unpaired) electrons. The van der Waals surface area contributed by atoms with Gasteiger partial charge in [0.1, 0.15) is 23.2 Å². The summed E-state index contributed by atoms with van der Waals surface area (Å²) >= 11 is 5.87. The monoisotopic (exact) mass is 637 g/mol. The van der Waals surface area contributed by atoms with Gasteiger partial charge in [0.2, 0.25) is 11.8 Å². The van der Waals surface area contributed by atoms with Crippen LogP contribution in [-0.2, 0) is 29.3 Å². The van der Waals surface area contributed by atoms with E-state index in [-0.39, 0.29) is 12.1 Å². The van der Waals surface area contributed by atoms with Crippen molar-refractivity contribution in [1.82, 2.24) is 20.3 Å². The van der Waals surface area contributed by atoms with E-state index in [0.29, 0.717) is 43.7 Å². The molecule has 14 heteroatoms. The van der Waals surface area contributed by atoms with Gasteiger partial charge in [-0.05, 0) is 83.6 Å². The van der Waals surface area contributed by atoms with Crippen molar-refractivity contribution in [2.24, 2.45) is 5.92 Å². The van der Waals surface area contributed by atoms with Crippen LogP contribution in [0.2, 0.25) is 5.02 Å². The first-order valence-corrected chi connectivity index (χ1v) is 16.4. The molecular formula is C29H40ClN5O7S. The summed E-state index contributed by atoms with van der Waals surface area (Å²) in [6.07, 6.45) is 7.57. The minimum Gasteiger partial charge on any atom is -0.444 e. The van der Waals surface area contributed by atoms with Gasteiger partial charge in [0.05, 0.1) is 5.69 Å². The number of hydrogen-bond acceptors (Lipinski definition) is 7. The number of benzene rings is 1. The molecule has 4 rings (SSSR count). The predicted octanol–water partition coefficient (Wildman–Crippen LogP) is 3.39. The molecule has 3 aliphatic rings. The normalized spacial score (nSPS) is 27.3. The lowest BCUT2D eigenvalue weighted by molar-refractivity contribution is -0.141. The summed E-state index contributed by atoms with van der Waals surface area (Å²) < 4.78 is 35.3. The summed E-state index contributed by atoms with van der Waals surface area (Å²) in [4.78, 5) is 54.8. The zero-order valence-corrected chi connectivity index (χ0v) is 26.2. The summed E-state index contributed by atoms with van der Waals surface area (Å²) in [5, 5.41) is 5.90. The second-order valence-corrected chi connectivity index (χ2v) is 14.1. The molecule has 236 valence electrons. The van der Waals surface area contributed by atoms with Gasteiger partial charge in [0.25, 0.3) is 5.91 Å². The Kier molecular flexibility index (Phi) is 9.95. The Morgan fingerprint density at radius 2 is 1.79 bits per heavy atom. The molecule has 2 heterocycles. The first kappa shape index (κ1) is 32.6. The molecule has 1 saturated heterocycles.